The monoisotopic (exact) mass is 248 g/mol. The highest BCUT2D eigenvalue weighted by Crippen LogP contribution is 2.28. The largest absolute Gasteiger partial charge is 0.383 e. The SMILES string of the molecule is CC(C)c1c(N)ncnc1NCC1CCCCC1. The van der Waals surface area contributed by atoms with Crippen molar-refractivity contribution in [2.24, 2.45) is 5.92 Å². The van der Waals surface area contributed by atoms with Crippen LogP contribution in [0.15, 0.2) is 6.33 Å². The number of nitrogen functional groups attached to an aromatic ring is 1. The van der Waals surface area contributed by atoms with Gasteiger partial charge in [-0.2, -0.15) is 0 Å². The van der Waals surface area contributed by atoms with Crippen LogP contribution in [0.2, 0.25) is 0 Å². The minimum atomic E-state index is 0.347. The highest BCUT2D eigenvalue weighted by Gasteiger charge is 2.16. The van der Waals surface area contributed by atoms with Crippen molar-refractivity contribution in [2.75, 3.05) is 17.6 Å². The number of nitrogens with one attached hydrogen (secondary N) is 1. The maximum atomic E-state index is 5.94. The summed E-state index contributed by atoms with van der Waals surface area (Å²) in [6, 6.07) is 0. The molecule has 18 heavy (non-hydrogen) atoms. The van der Waals surface area contributed by atoms with E-state index in [4.69, 9.17) is 5.73 Å². The molecule has 1 heterocycles. The summed E-state index contributed by atoms with van der Waals surface area (Å²) in [5.74, 6) is 2.66. The van der Waals surface area contributed by atoms with E-state index in [1.807, 2.05) is 0 Å². The third-order valence-electron chi connectivity index (χ3n) is 3.78. The number of hydrogen-bond donors (Lipinski definition) is 2. The Balaban J connectivity index is 2.02. The van der Waals surface area contributed by atoms with Crippen LogP contribution < -0.4 is 11.1 Å². The van der Waals surface area contributed by atoms with Gasteiger partial charge in [0.25, 0.3) is 0 Å². The van der Waals surface area contributed by atoms with E-state index in [2.05, 4.69) is 29.1 Å². The smallest absolute Gasteiger partial charge is 0.134 e. The molecule has 1 fully saturated rings. The Morgan fingerprint density at radius 3 is 2.67 bits per heavy atom. The third kappa shape index (κ3) is 3.12. The van der Waals surface area contributed by atoms with Crippen LogP contribution in [0.3, 0.4) is 0 Å². The van der Waals surface area contributed by atoms with Gasteiger partial charge in [-0.25, -0.2) is 9.97 Å². The van der Waals surface area contributed by atoms with Gasteiger partial charge in [0.05, 0.1) is 0 Å². The number of nitrogens with two attached hydrogens (primary N) is 1. The van der Waals surface area contributed by atoms with Crippen molar-refractivity contribution in [3.8, 4) is 0 Å². The lowest BCUT2D eigenvalue weighted by Crippen LogP contribution is -2.19. The molecule has 1 aliphatic rings. The van der Waals surface area contributed by atoms with Crippen molar-refractivity contribution < 1.29 is 0 Å². The lowest BCUT2D eigenvalue weighted by Gasteiger charge is -2.23. The molecule has 2 rings (SSSR count). The lowest BCUT2D eigenvalue weighted by molar-refractivity contribution is 0.373. The predicted octanol–water partition coefficient (Wildman–Crippen LogP) is 3.17. The van der Waals surface area contributed by atoms with E-state index in [-0.39, 0.29) is 0 Å². The molecular weight excluding hydrogens is 224 g/mol. The van der Waals surface area contributed by atoms with Gasteiger partial charge < -0.3 is 11.1 Å². The first-order valence-corrected chi connectivity index (χ1v) is 7.02. The molecule has 0 bridgehead atoms. The molecule has 100 valence electrons. The van der Waals surface area contributed by atoms with Gasteiger partial charge in [-0.3, -0.25) is 0 Å². The Bertz CT molecular complexity index is 383. The summed E-state index contributed by atoms with van der Waals surface area (Å²) in [4.78, 5) is 8.43. The zero-order chi connectivity index (χ0) is 13.0. The van der Waals surface area contributed by atoms with E-state index >= 15 is 0 Å². The third-order valence-corrected chi connectivity index (χ3v) is 3.78. The molecule has 0 atom stereocenters. The van der Waals surface area contributed by atoms with E-state index in [0.717, 1.165) is 23.8 Å². The van der Waals surface area contributed by atoms with Crippen molar-refractivity contribution in [2.45, 2.75) is 51.9 Å². The van der Waals surface area contributed by atoms with Crippen LogP contribution in [0.1, 0.15) is 57.4 Å². The number of nitrogens with zero attached hydrogens (tertiary/aromatic N) is 2. The first kappa shape index (κ1) is 13.1. The van der Waals surface area contributed by atoms with Gasteiger partial charge in [0.2, 0.25) is 0 Å². The molecule has 1 saturated carbocycles. The number of rotatable bonds is 4. The van der Waals surface area contributed by atoms with E-state index < -0.39 is 0 Å². The summed E-state index contributed by atoms with van der Waals surface area (Å²) in [6.07, 6.45) is 8.36. The molecule has 0 aromatic carbocycles. The van der Waals surface area contributed by atoms with Gasteiger partial charge in [0, 0.05) is 12.1 Å². The van der Waals surface area contributed by atoms with Gasteiger partial charge in [0.15, 0.2) is 0 Å². The Hall–Kier alpha value is -1.32. The summed E-state index contributed by atoms with van der Waals surface area (Å²) < 4.78 is 0. The van der Waals surface area contributed by atoms with Crippen LogP contribution in [0.5, 0.6) is 0 Å². The summed E-state index contributed by atoms with van der Waals surface area (Å²) in [6.45, 7) is 5.26. The fraction of sp³-hybridized carbons (Fsp3) is 0.714. The van der Waals surface area contributed by atoms with E-state index in [1.165, 1.54) is 32.1 Å². The lowest BCUT2D eigenvalue weighted by atomic mass is 9.89. The van der Waals surface area contributed by atoms with Gasteiger partial charge in [-0.1, -0.05) is 33.1 Å². The van der Waals surface area contributed by atoms with E-state index in [9.17, 15) is 0 Å². The highest BCUT2D eigenvalue weighted by atomic mass is 15.0. The second-order valence-electron chi connectivity index (χ2n) is 5.56. The minimum Gasteiger partial charge on any atom is -0.383 e. The second kappa shape index (κ2) is 6.03. The van der Waals surface area contributed by atoms with Crippen molar-refractivity contribution in [3.63, 3.8) is 0 Å². The molecule has 1 aromatic heterocycles. The van der Waals surface area contributed by atoms with Crippen molar-refractivity contribution in [1.29, 1.82) is 0 Å². The normalized spacial score (nSPS) is 17.1. The first-order chi connectivity index (χ1) is 8.68. The van der Waals surface area contributed by atoms with Crippen LogP contribution in [0.4, 0.5) is 11.6 Å². The predicted molar refractivity (Wildman–Crippen MR) is 75.6 cm³/mol. The highest BCUT2D eigenvalue weighted by molar-refractivity contribution is 5.56. The quantitative estimate of drug-likeness (QED) is 0.859. The average Bonchev–Trinajstić information content (AvgIpc) is 2.37. The molecule has 0 saturated heterocycles. The van der Waals surface area contributed by atoms with Crippen LogP contribution >= 0.6 is 0 Å². The Labute approximate surface area is 109 Å². The molecular formula is C14H24N4. The second-order valence-corrected chi connectivity index (χ2v) is 5.56. The van der Waals surface area contributed by atoms with E-state index in [1.54, 1.807) is 6.33 Å². The van der Waals surface area contributed by atoms with Gasteiger partial charge >= 0.3 is 0 Å². The summed E-state index contributed by atoms with van der Waals surface area (Å²) in [5.41, 5.74) is 6.99. The van der Waals surface area contributed by atoms with Gasteiger partial charge in [0.1, 0.15) is 18.0 Å². The van der Waals surface area contributed by atoms with Crippen LogP contribution in [-0.4, -0.2) is 16.5 Å². The Morgan fingerprint density at radius 1 is 1.28 bits per heavy atom. The summed E-state index contributed by atoms with van der Waals surface area (Å²) >= 11 is 0. The molecule has 4 nitrogen and oxygen atoms in total. The Kier molecular flexibility index (Phi) is 4.39. The number of aromatic nitrogens is 2. The maximum absolute atomic E-state index is 5.94. The molecule has 0 unspecified atom stereocenters. The average molecular weight is 248 g/mol. The summed E-state index contributed by atoms with van der Waals surface area (Å²) in [7, 11) is 0. The molecule has 0 aliphatic heterocycles. The molecule has 1 aromatic rings. The van der Waals surface area contributed by atoms with E-state index in [0.29, 0.717) is 11.7 Å². The molecule has 0 spiro atoms. The molecule has 0 amide bonds. The minimum absolute atomic E-state index is 0.347. The summed E-state index contributed by atoms with van der Waals surface area (Å²) in [5, 5.41) is 3.47. The Morgan fingerprint density at radius 2 is 2.00 bits per heavy atom. The zero-order valence-corrected chi connectivity index (χ0v) is 11.4. The molecule has 4 heteroatoms. The first-order valence-electron chi connectivity index (χ1n) is 7.02. The van der Waals surface area contributed by atoms with Gasteiger partial charge in [-0.15, -0.1) is 0 Å². The molecule has 0 radical (unpaired) electrons. The maximum Gasteiger partial charge on any atom is 0.134 e. The number of hydrogen-bond acceptors (Lipinski definition) is 4. The zero-order valence-electron chi connectivity index (χ0n) is 11.4. The van der Waals surface area contributed by atoms with Crippen molar-refractivity contribution in [1.82, 2.24) is 9.97 Å². The van der Waals surface area contributed by atoms with Crippen LogP contribution in [0.25, 0.3) is 0 Å². The standard InChI is InChI=1S/C14H24N4/c1-10(2)12-13(15)17-9-18-14(12)16-8-11-6-4-3-5-7-11/h9-11H,3-8H2,1-2H3,(H3,15,16,17,18). The topological polar surface area (TPSA) is 63.8 Å². The fourth-order valence-corrected chi connectivity index (χ4v) is 2.75. The van der Waals surface area contributed by atoms with Crippen LogP contribution in [-0.2, 0) is 0 Å². The molecule has 3 N–H and O–H groups in total. The van der Waals surface area contributed by atoms with Crippen molar-refractivity contribution in [3.05, 3.63) is 11.9 Å². The number of anilines is 2. The van der Waals surface area contributed by atoms with Gasteiger partial charge in [-0.05, 0) is 24.7 Å². The van der Waals surface area contributed by atoms with Crippen molar-refractivity contribution >= 4 is 11.6 Å². The van der Waals surface area contributed by atoms with Crippen LogP contribution in [0, 0.1) is 5.92 Å². The molecule has 1 aliphatic carbocycles. The fourth-order valence-electron chi connectivity index (χ4n) is 2.75.